The number of likely N-dealkylation sites (tertiary alicyclic amines) is 1. The predicted molar refractivity (Wildman–Crippen MR) is 76.6 cm³/mol. The molecule has 3 atom stereocenters. The molecule has 0 bridgehead atoms. The number of aliphatic hydroxyl groups is 1. The zero-order valence-corrected chi connectivity index (χ0v) is 12.5. The Morgan fingerprint density at radius 3 is 2.70 bits per heavy atom. The van der Waals surface area contributed by atoms with E-state index < -0.39 is 12.0 Å². The number of nitrogens with zero attached hydrogens (tertiary/aromatic N) is 2. The third-order valence-corrected chi connectivity index (χ3v) is 5.28. The van der Waals surface area contributed by atoms with E-state index in [4.69, 9.17) is 0 Å². The third-order valence-electron chi connectivity index (χ3n) is 4.06. The van der Waals surface area contributed by atoms with Crippen LogP contribution < -0.4 is 0 Å². The highest BCUT2D eigenvalue weighted by molar-refractivity contribution is 8.00. The van der Waals surface area contributed by atoms with Gasteiger partial charge >= 0.3 is 12.0 Å². The van der Waals surface area contributed by atoms with Crippen molar-refractivity contribution in [2.45, 2.75) is 50.1 Å². The fourth-order valence-electron chi connectivity index (χ4n) is 2.89. The van der Waals surface area contributed by atoms with Crippen molar-refractivity contribution in [3.05, 3.63) is 0 Å². The van der Waals surface area contributed by atoms with Gasteiger partial charge in [-0.25, -0.2) is 9.59 Å². The van der Waals surface area contributed by atoms with Crippen LogP contribution in [0.25, 0.3) is 0 Å². The molecule has 2 heterocycles. The van der Waals surface area contributed by atoms with E-state index in [1.54, 1.807) is 4.90 Å². The number of aliphatic carboxylic acids is 1. The minimum Gasteiger partial charge on any atom is -0.480 e. The lowest BCUT2D eigenvalue weighted by atomic mass is 10.1. The van der Waals surface area contributed by atoms with Gasteiger partial charge in [0.25, 0.3) is 0 Å². The molecule has 0 aliphatic carbocycles. The summed E-state index contributed by atoms with van der Waals surface area (Å²) >= 11 is 1.48. The molecule has 6 nitrogen and oxygen atoms in total. The summed E-state index contributed by atoms with van der Waals surface area (Å²) in [4.78, 5) is 27.1. The minimum atomic E-state index is -0.953. The predicted octanol–water partition coefficient (Wildman–Crippen LogP) is 1.19. The molecule has 0 saturated carbocycles. The lowest BCUT2D eigenvalue weighted by Gasteiger charge is -2.35. The van der Waals surface area contributed by atoms with E-state index in [0.717, 1.165) is 25.7 Å². The first kappa shape index (κ1) is 15.4. The Labute approximate surface area is 123 Å². The van der Waals surface area contributed by atoms with Crippen LogP contribution in [-0.2, 0) is 4.79 Å². The van der Waals surface area contributed by atoms with Gasteiger partial charge in [0.15, 0.2) is 0 Å². The number of aliphatic hydroxyl groups excluding tert-OH is 1. The molecule has 0 aromatic carbocycles. The van der Waals surface area contributed by atoms with E-state index >= 15 is 0 Å². The Balaban J connectivity index is 2.16. The monoisotopic (exact) mass is 302 g/mol. The first-order valence-corrected chi connectivity index (χ1v) is 8.15. The molecule has 0 aromatic heterocycles. The van der Waals surface area contributed by atoms with Crippen molar-refractivity contribution in [1.82, 2.24) is 9.80 Å². The molecule has 20 heavy (non-hydrogen) atoms. The zero-order chi connectivity index (χ0) is 14.7. The summed E-state index contributed by atoms with van der Waals surface area (Å²) in [5.74, 6) is -0.523. The number of carbonyl (C=O) groups excluding carboxylic acids is 1. The normalized spacial score (nSPS) is 31.2. The number of thioether (sulfide) groups is 1. The average Bonchev–Trinajstić information content (AvgIpc) is 2.67. The number of hydrogen-bond acceptors (Lipinski definition) is 4. The molecule has 114 valence electrons. The van der Waals surface area contributed by atoms with Gasteiger partial charge in [0.1, 0.15) is 6.04 Å². The molecule has 3 unspecified atom stereocenters. The van der Waals surface area contributed by atoms with Crippen LogP contribution in [-0.4, -0.2) is 68.4 Å². The first-order chi connectivity index (χ1) is 9.56. The number of amides is 2. The largest absolute Gasteiger partial charge is 0.480 e. The van der Waals surface area contributed by atoms with Gasteiger partial charge in [-0.1, -0.05) is 12.8 Å². The van der Waals surface area contributed by atoms with Gasteiger partial charge in [0, 0.05) is 12.3 Å². The highest BCUT2D eigenvalue weighted by Gasteiger charge is 2.42. The Bertz CT molecular complexity index is 379. The minimum absolute atomic E-state index is 0.0567. The quantitative estimate of drug-likeness (QED) is 0.801. The number of carboxylic acids is 1. The third kappa shape index (κ3) is 3.03. The topological polar surface area (TPSA) is 81.1 Å². The molecule has 2 aliphatic rings. The summed E-state index contributed by atoms with van der Waals surface area (Å²) in [5.41, 5.74) is 0. The number of carbonyl (C=O) groups is 2. The van der Waals surface area contributed by atoms with Gasteiger partial charge in [-0.2, -0.15) is 0 Å². The van der Waals surface area contributed by atoms with Crippen LogP contribution in [0.1, 0.15) is 32.6 Å². The van der Waals surface area contributed by atoms with Crippen molar-refractivity contribution in [3.8, 4) is 0 Å². The van der Waals surface area contributed by atoms with Crippen LogP contribution in [0.4, 0.5) is 4.79 Å². The van der Waals surface area contributed by atoms with Gasteiger partial charge in [-0.3, -0.25) is 4.90 Å². The molecule has 2 fully saturated rings. The van der Waals surface area contributed by atoms with Crippen LogP contribution in [0.15, 0.2) is 0 Å². The van der Waals surface area contributed by atoms with Crippen molar-refractivity contribution in [2.75, 3.05) is 18.9 Å². The van der Waals surface area contributed by atoms with Crippen molar-refractivity contribution in [3.63, 3.8) is 0 Å². The number of hydrogen-bond donors (Lipinski definition) is 2. The Hall–Kier alpha value is -0.950. The van der Waals surface area contributed by atoms with E-state index in [0.29, 0.717) is 12.3 Å². The smallest absolute Gasteiger partial charge is 0.327 e. The van der Waals surface area contributed by atoms with Gasteiger partial charge in [-0.15, -0.1) is 11.8 Å². The highest BCUT2D eigenvalue weighted by Crippen LogP contribution is 2.31. The number of carboxylic acid groups (broad SMARTS) is 1. The van der Waals surface area contributed by atoms with E-state index in [2.05, 4.69) is 0 Å². The molecular formula is C13H22N2O4S. The highest BCUT2D eigenvalue weighted by atomic mass is 32.2. The summed E-state index contributed by atoms with van der Waals surface area (Å²) in [7, 11) is 0. The van der Waals surface area contributed by atoms with Crippen LogP contribution in [0, 0.1) is 0 Å². The maximum Gasteiger partial charge on any atom is 0.327 e. The second-order valence-corrected chi connectivity index (χ2v) is 6.70. The molecule has 2 rings (SSSR count). The molecule has 0 spiro atoms. The van der Waals surface area contributed by atoms with Crippen molar-refractivity contribution < 1.29 is 19.8 Å². The van der Waals surface area contributed by atoms with Crippen LogP contribution in [0.2, 0.25) is 0 Å². The standard InChI is InChI=1S/C13H22N2O4S/c1-9-15(11(8-20-9)12(17)18)13(19)14-6-4-2-3-5-10(14)7-16/h9-11,16H,2-8H2,1H3,(H,17,18). The van der Waals surface area contributed by atoms with E-state index in [9.17, 15) is 19.8 Å². The Morgan fingerprint density at radius 1 is 1.30 bits per heavy atom. The Kier molecular flexibility index (Phi) is 5.15. The van der Waals surface area contributed by atoms with E-state index in [1.807, 2.05) is 6.92 Å². The van der Waals surface area contributed by atoms with Gasteiger partial charge in [-0.05, 0) is 19.8 Å². The van der Waals surface area contributed by atoms with Crippen molar-refractivity contribution in [1.29, 1.82) is 0 Å². The summed E-state index contributed by atoms with van der Waals surface area (Å²) in [6.07, 6.45) is 3.75. The van der Waals surface area contributed by atoms with Crippen molar-refractivity contribution >= 4 is 23.8 Å². The number of urea groups is 1. The fraction of sp³-hybridized carbons (Fsp3) is 0.846. The second kappa shape index (κ2) is 6.67. The van der Waals surface area contributed by atoms with Crippen LogP contribution >= 0.6 is 11.8 Å². The summed E-state index contributed by atoms with van der Waals surface area (Å²) in [6, 6.07) is -1.18. The van der Waals surface area contributed by atoms with E-state index in [-0.39, 0.29) is 24.1 Å². The Morgan fingerprint density at radius 2 is 2.05 bits per heavy atom. The molecule has 0 radical (unpaired) electrons. The van der Waals surface area contributed by atoms with E-state index in [1.165, 1.54) is 16.7 Å². The second-order valence-electron chi connectivity index (χ2n) is 5.36. The van der Waals surface area contributed by atoms with Crippen LogP contribution in [0.3, 0.4) is 0 Å². The summed E-state index contributed by atoms with van der Waals surface area (Å²) in [5, 5.41) is 18.6. The SMILES string of the molecule is CC1SCC(C(=O)O)N1C(=O)N1CCCCCC1CO. The summed E-state index contributed by atoms with van der Waals surface area (Å²) in [6.45, 7) is 2.40. The maximum atomic E-state index is 12.7. The molecule has 2 saturated heterocycles. The fourth-order valence-corrected chi connectivity index (χ4v) is 4.05. The molecule has 2 amide bonds. The summed E-state index contributed by atoms with van der Waals surface area (Å²) < 4.78 is 0. The first-order valence-electron chi connectivity index (χ1n) is 7.10. The lowest BCUT2D eigenvalue weighted by molar-refractivity contribution is -0.141. The van der Waals surface area contributed by atoms with Gasteiger partial charge < -0.3 is 15.1 Å². The maximum absolute atomic E-state index is 12.7. The molecule has 0 aromatic rings. The van der Waals surface area contributed by atoms with Crippen molar-refractivity contribution in [2.24, 2.45) is 0 Å². The molecule has 2 aliphatic heterocycles. The van der Waals surface area contributed by atoms with Crippen LogP contribution in [0.5, 0.6) is 0 Å². The average molecular weight is 302 g/mol. The van der Waals surface area contributed by atoms with Gasteiger partial charge in [0.05, 0.1) is 18.0 Å². The zero-order valence-electron chi connectivity index (χ0n) is 11.7. The van der Waals surface area contributed by atoms with Gasteiger partial charge in [0.2, 0.25) is 0 Å². The molecule has 2 N–H and O–H groups in total. The number of rotatable bonds is 2. The molecular weight excluding hydrogens is 280 g/mol. The lowest BCUT2D eigenvalue weighted by Crippen LogP contribution is -2.54. The molecule has 7 heteroatoms.